The van der Waals surface area contributed by atoms with Gasteiger partial charge in [-0.15, -0.1) is 0 Å². The quantitative estimate of drug-likeness (QED) is 0.795. The summed E-state index contributed by atoms with van der Waals surface area (Å²) in [5, 5.41) is 9.95. The highest BCUT2D eigenvalue weighted by molar-refractivity contribution is 5.99. The molecule has 0 saturated heterocycles. The molecule has 96 valence electrons. The van der Waals surface area contributed by atoms with Gasteiger partial charge in [0.15, 0.2) is 0 Å². The minimum Gasteiger partial charge on any atom is -0.507 e. The minimum absolute atomic E-state index is 0.112. The van der Waals surface area contributed by atoms with Crippen LogP contribution in [0.15, 0.2) is 30.3 Å². The van der Waals surface area contributed by atoms with E-state index in [2.05, 4.69) is 4.98 Å². The Morgan fingerprint density at radius 2 is 2.11 bits per heavy atom. The fourth-order valence-electron chi connectivity index (χ4n) is 2.36. The van der Waals surface area contributed by atoms with Crippen molar-refractivity contribution in [3.63, 3.8) is 0 Å². The molecular weight excluding hydrogens is 242 g/mol. The zero-order valence-electron chi connectivity index (χ0n) is 10.5. The first-order chi connectivity index (χ1) is 9.16. The van der Waals surface area contributed by atoms with Crippen molar-refractivity contribution in [3.05, 3.63) is 47.2 Å². The van der Waals surface area contributed by atoms with Gasteiger partial charge in [0.1, 0.15) is 5.75 Å². The van der Waals surface area contributed by atoms with Gasteiger partial charge in [0.2, 0.25) is 0 Å². The highest BCUT2D eigenvalue weighted by Gasteiger charge is 2.25. The average molecular weight is 255 g/mol. The third-order valence-corrected chi connectivity index (χ3v) is 3.20. The van der Waals surface area contributed by atoms with Crippen LogP contribution >= 0.6 is 0 Å². The van der Waals surface area contributed by atoms with Gasteiger partial charge >= 0.3 is 5.97 Å². The number of phenols is 1. The molecule has 3 rings (SSSR count). The van der Waals surface area contributed by atoms with Gasteiger partial charge in [-0.2, -0.15) is 0 Å². The number of hydrogen-bond donors (Lipinski definition) is 1. The predicted octanol–water partition coefficient (Wildman–Crippen LogP) is 2.48. The van der Waals surface area contributed by atoms with Crippen LogP contribution < -0.4 is 0 Å². The smallest absolute Gasteiger partial charge is 0.340 e. The maximum absolute atomic E-state index is 12.0. The van der Waals surface area contributed by atoms with Gasteiger partial charge in [0.25, 0.3) is 0 Å². The molecule has 1 aromatic heterocycles. The van der Waals surface area contributed by atoms with Crippen molar-refractivity contribution in [2.75, 3.05) is 6.61 Å². The summed E-state index contributed by atoms with van der Waals surface area (Å²) < 4.78 is 5.09. The monoisotopic (exact) mass is 255 g/mol. The molecule has 1 aliphatic rings. The van der Waals surface area contributed by atoms with E-state index in [-0.39, 0.29) is 11.7 Å². The highest BCUT2D eigenvalue weighted by Crippen LogP contribution is 2.33. The van der Waals surface area contributed by atoms with Crippen molar-refractivity contribution in [2.45, 2.75) is 13.3 Å². The van der Waals surface area contributed by atoms with Crippen LogP contribution in [0.2, 0.25) is 0 Å². The van der Waals surface area contributed by atoms with Crippen LogP contribution in [-0.4, -0.2) is 22.7 Å². The van der Waals surface area contributed by atoms with Gasteiger partial charge in [0.05, 0.1) is 17.9 Å². The topological polar surface area (TPSA) is 59.4 Å². The summed E-state index contributed by atoms with van der Waals surface area (Å²) in [6.07, 6.45) is 0.686. The summed E-state index contributed by atoms with van der Waals surface area (Å²) in [6, 6.07) is 8.78. The molecule has 0 bridgehead atoms. The average Bonchev–Trinajstić information content (AvgIpc) is 2.38. The number of pyridine rings is 1. The summed E-state index contributed by atoms with van der Waals surface area (Å²) >= 11 is 0. The molecule has 0 amide bonds. The van der Waals surface area contributed by atoms with Gasteiger partial charge in [-0.05, 0) is 30.7 Å². The first-order valence-electron chi connectivity index (χ1n) is 6.13. The van der Waals surface area contributed by atoms with Gasteiger partial charge in [-0.1, -0.05) is 12.1 Å². The van der Waals surface area contributed by atoms with E-state index >= 15 is 0 Å². The Balaban J connectivity index is 2.30. The normalized spacial score (nSPS) is 13.8. The van der Waals surface area contributed by atoms with E-state index in [1.54, 1.807) is 24.3 Å². The molecule has 0 radical (unpaired) electrons. The van der Waals surface area contributed by atoms with Crippen LogP contribution in [0.3, 0.4) is 0 Å². The van der Waals surface area contributed by atoms with E-state index in [1.807, 2.05) is 13.0 Å². The number of carbonyl (C=O) groups excluding carboxylic acids is 1. The SMILES string of the molecule is Cc1cc2c(c(-c3ccccc3O)n1)C(=O)OCC2. The Morgan fingerprint density at radius 3 is 2.89 bits per heavy atom. The van der Waals surface area contributed by atoms with Crippen LogP contribution in [0.25, 0.3) is 11.3 Å². The second-order valence-corrected chi connectivity index (χ2v) is 4.55. The van der Waals surface area contributed by atoms with E-state index < -0.39 is 0 Å². The van der Waals surface area contributed by atoms with E-state index in [0.717, 1.165) is 11.3 Å². The van der Waals surface area contributed by atoms with Crippen molar-refractivity contribution in [3.8, 4) is 17.0 Å². The Bertz CT molecular complexity index is 664. The summed E-state index contributed by atoms with van der Waals surface area (Å²) in [6.45, 7) is 2.28. The number of carbonyl (C=O) groups is 1. The molecule has 2 heterocycles. The third-order valence-electron chi connectivity index (χ3n) is 3.20. The Labute approximate surface area is 110 Å². The fraction of sp³-hybridized carbons (Fsp3) is 0.200. The predicted molar refractivity (Wildman–Crippen MR) is 70.1 cm³/mol. The van der Waals surface area contributed by atoms with Gasteiger partial charge in [-0.25, -0.2) is 4.79 Å². The molecule has 0 saturated carbocycles. The lowest BCUT2D eigenvalue weighted by molar-refractivity contribution is 0.0481. The molecule has 4 heteroatoms. The number of esters is 1. The van der Waals surface area contributed by atoms with Crippen molar-refractivity contribution >= 4 is 5.97 Å². The number of fused-ring (bicyclic) bond motifs is 1. The number of nitrogens with zero attached hydrogens (tertiary/aromatic N) is 1. The summed E-state index contributed by atoms with van der Waals surface area (Å²) in [5.41, 5.74) is 3.28. The van der Waals surface area contributed by atoms with E-state index in [0.29, 0.717) is 29.8 Å². The number of aromatic nitrogens is 1. The largest absolute Gasteiger partial charge is 0.507 e. The van der Waals surface area contributed by atoms with Crippen LogP contribution in [0.5, 0.6) is 5.75 Å². The zero-order valence-corrected chi connectivity index (χ0v) is 10.5. The van der Waals surface area contributed by atoms with Crippen molar-refractivity contribution in [1.82, 2.24) is 4.98 Å². The number of phenolic OH excluding ortho intramolecular Hbond substituents is 1. The number of aryl methyl sites for hydroxylation is 1. The number of rotatable bonds is 1. The lowest BCUT2D eigenvalue weighted by atomic mass is 9.96. The molecule has 0 aliphatic carbocycles. The molecular formula is C15H13NO3. The molecule has 0 unspecified atom stereocenters. The number of aromatic hydroxyl groups is 1. The summed E-state index contributed by atoms with van der Waals surface area (Å²) in [7, 11) is 0. The highest BCUT2D eigenvalue weighted by atomic mass is 16.5. The molecule has 19 heavy (non-hydrogen) atoms. The van der Waals surface area contributed by atoms with Gasteiger partial charge in [0, 0.05) is 17.7 Å². The number of benzene rings is 1. The van der Waals surface area contributed by atoms with Gasteiger partial charge < -0.3 is 9.84 Å². The minimum atomic E-state index is -0.369. The number of cyclic esters (lactones) is 1. The first-order valence-corrected chi connectivity index (χ1v) is 6.13. The standard InChI is InChI=1S/C15H13NO3/c1-9-8-10-6-7-19-15(18)13(10)14(16-9)11-4-2-3-5-12(11)17/h2-5,8,17H,6-7H2,1H3. The lowest BCUT2D eigenvalue weighted by Gasteiger charge is -2.19. The van der Waals surface area contributed by atoms with Crippen molar-refractivity contribution in [2.24, 2.45) is 0 Å². The molecule has 1 aliphatic heterocycles. The van der Waals surface area contributed by atoms with Gasteiger partial charge in [-0.3, -0.25) is 4.98 Å². The van der Waals surface area contributed by atoms with Crippen LogP contribution in [0.1, 0.15) is 21.6 Å². The molecule has 1 aromatic carbocycles. The maximum atomic E-state index is 12.0. The van der Waals surface area contributed by atoms with E-state index in [9.17, 15) is 9.90 Å². The van der Waals surface area contributed by atoms with Crippen molar-refractivity contribution in [1.29, 1.82) is 0 Å². The number of hydrogen-bond acceptors (Lipinski definition) is 4. The number of para-hydroxylation sites is 1. The summed E-state index contributed by atoms with van der Waals surface area (Å²) in [5.74, 6) is -0.256. The first kappa shape index (κ1) is 11.7. The number of ether oxygens (including phenoxy) is 1. The Kier molecular flexibility index (Phi) is 2.71. The maximum Gasteiger partial charge on any atom is 0.340 e. The molecule has 4 nitrogen and oxygen atoms in total. The molecule has 0 fully saturated rings. The molecule has 2 aromatic rings. The van der Waals surface area contributed by atoms with Crippen LogP contribution in [-0.2, 0) is 11.2 Å². The van der Waals surface area contributed by atoms with Crippen LogP contribution in [0.4, 0.5) is 0 Å². The second kappa shape index (κ2) is 4.39. The molecule has 0 spiro atoms. The second-order valence-electron chi connectivity index (χ2n) is 4.55. The summed E-state index contributed by atoms with van der Waals surface area (Å²) in [4.78, 5) is 16.4. The van der Waals surface area contributed by atoms with Crippen molar-refractivity contribution < 1.29 is 14.6 Å². The third kappa shape index (κ3) is 1.95. The fourth-order valence-corrected chi connectivity index (χ4v) is 2.36. The zero-order chi connectivity index (χ0) is 13.4. The van der Waals surface area contributed by atoms with E-state index in [1.165, 1.54) is 0 Å². The molecule has 1 N–H and O–H groups in total. The van der Waals surface area contributed by atoms with E-state index in [4.69, 9.17) is 4.74 Å². The Morgan fingerprint density at radius 1 is 1.32 bits per heavy atom. The molecule has 0 atom stereocenters. The lowest BCUT2D eigenvalue weighted by Crippen LogP contribution is -2.20. The van der Waals surface area contributed by atoms with Crippen LogP contribution in [0, 0.1) is 6.92 Å². The Hall–Kier alpha value is -2.36.